The molecule has 2 aromatic carbocycles. The fourth-order valence-electron chi connectivity index (χ4n) is 4.13. The number of aromatic nitrogens is 1. The van der Waals surface area contributed by atoms with E-state index in [2.05, 4.69) is 11.6 Å². The normalized spacial score (nSPS) is 14.9. The fourth-order valence-corrected chi connectivity index (χ4v) is 5.12. The summed E-state index contributed by atoms with van der Waals surface area (Å²) in [5, 5.41) is 10.4. The number of rotatable bonds is 5. The number of hydrogen-bond donors (Lipinski definition) is 1. The Labute approximate surface area is 203 Å². The molecule has 1 aliphatic rings. The van der Waals surface area contributed by atoms with Crippen LogP contribution in [-0.2, 0) is 4.74 Å². The molecule has 1 atom stereocenters. The first-order valence-corrected chi connectivity index (χ1v) is 11.6. The topological polar surface area (TPSA) is 110 Å². The molecule has 1 aliphatic heterocycles. The minimum atomic E-state index is -0.859. The predicted molar refractivity (Wildman–Crippen MR) is 131 cm³/mol. The van der Waals surface area contributed by atoms with Gasteiger partial charge >= 0.3 is 5.97 Å². The van der Waals surface area contributed by atoms with Crippen LogP contribution in [0, 0.1) is 13.8 Å². The number of nitrogens with zero attached hydrogens (tertiary/aromatic N) is 2. The van der Waals surface area contributed by atoms with Gasteiger partial charge in [0.05, 0.1) is 22.7 Å². The molecule has 5 rings (SSSR count). The molecule has 0 aliphatic carbocycles. The number of aromatic hydroxyl groups is 1. The lowest BCUT2D eigenvalue weighted by molar-refractivity contribution is 0.0554. The highest BCUT2D eigenvalue weighted by molar-refractivity contribution is 7.17. The summed E-state index contributed by atoms with van der Waals surface area (Å²) in [4.78, 5) is 45.9. The van der Waals surface area contributed by atoms with Crippen molar-refractivity contribution < 1.29 is 23.8 Å². The molecule has 176 valence electrons. The zero-order chi connectivity index (χ0) is 24.9. The maximum Gasteiger partial charge on any atom is 0.350 e. The van der Waals surface area contributed by atoms with Gasteiger partial charge in [-0.1, -0.05) is 47.8 Å². The summed E-state index contributed by atoms with van der Waals surface area (Å²) in [6.45, 7) is 7.09. The second-order valence-corrected chi connectivity index (χ2v) is 9.12. The van der Waals surface area contributed by atoms with Crippen molar-refractivity contribution in [1.82, 2.24) is 4.98 Å². The van der Waals surface area contributed by atoms with Gasteiger partial charge < -0.3 is 14.3 Å². The zero-order valence-electron chi connectivity index (χ0n) is 18.9. The van der Waals surface area contributed by atoms with Gasteiger partial charge in [0.1, 0.15) is 22.8 Å². The van der Waals surface area contributed by atoms with Gasteiger partial charge in [0.25, 0.3) is 5.91 Å². The molecule has 0 unspecified atom stereocenters. The lowest BCUT2D eigenvalue weighted by Crippen LogP contribution is -2.29. The highest BCUT2D eigenvalue weighted by atomic mass is 32.1. The largest absolute Gasteiger partial charge is 0.508 e. The van der Waals surface area contributed by atoms with Crippen LogP contribution in [0.5, 0.6) is 5.75 Å². The summed E-state index contributed by atoms with van der Waals surface area (Å²) in [7, 11) is 0. The number of esters is 1. The van der Waals surface area contributed by atoms with E-state index in [1.807, 2.05) is 6.92 Å². The van der Waals surface area contributed by atoms with E-state index in [9.17, 15) is 19.5 Å². The van der Waals surface area contributed by atoms with Gasteiger partial charge in [-0.05, 0) is 43.7 Å². The van der Waals surface area contributed by atoms with Crippen LogP contribution in [0.4, 0.5) is 5.13 Å². The number of benzene rings is 2. The van der Waals surface area contributed by atoms with Crippen LogP contribution in [-0.4, -0.2) is 28.6 Å². The molecule has 0 fully saturated rings. The van der Waals surface area contributed by atoms with Crippen molar-refractivity contribution in [2.45, 2.75) is 19.9 Å². The summed E-state index contributed by atoms with van der Waals surface area (Å²) in [6.07, 6.45) is 1.46. The number of ether oxygens (including phenoxy) is 1. The lowest BCUT2D eigenvalue weighted by atomic mass is 9.98. The number of aryl methyl sites for hydroxylation is 2. The highest BCUT2D eigenvalue weighted by Crippen LogP contribution is 2.43. The number of amides is 1. The average Bonchev–Trinajstić information content (AvgIpc) is 3.36. The van der Waals surface area contributed by atoms with Gasteiger partial charge in [0, 0.05) is 0 Å². The van der Waals surface area contributed by atoms with Crippen molar-refractivity contribution >= 4 is 39.3 Å². The van der Waals surface area contributed by atoms with E-state index in [4.69, 9.17) is 9.15 Å². The van der Waals surface area contributed by atoms with Crippen LogP contribution < -0.4 is 10.3 Å². The molecular formula is C26H20N2O6S. The quantitative estimate of drug-likeness (QED) is 0.321. The van der Waals surface area contributed by atoms with Crippen molar-refractivity contribution in [3.63, 3.8) is 0 Å². The Morgan fingerprint density at radius 2 is 1.97 bits per heavy atom. The van der Waals surface area contributed by atoms with E-state index >= 15 is 0 Å². The van der Waals surface area contributed by atoms with Crippen LogP contribution in [0.3, 0.4) is 0 Å². The highest BCUT2D eigenvalue weighted by Gasteiger charge is 2.45. The average molecular weight is 489 g/mol. The van der Waals surface area contributed by atoms with E-state index in [0.29, 0.717) is 22.2 Å². The lowest BCUT2D eigenvalue weighted by Gasteiger charge is -2.22. The van der Waals surface area contributed by atoms with Crippen LogP contribution in [0.2, 0.25) is 0 Å². The van der Waals surface area contributed by atoms with Gasteiger partial charge in [-0.2, -0.15) is 0 Å². The molecule has 1 N–H and O–H groups in total. The second-order valence-electron chi connectivity index (χ2n) is 8.14. The van der Waals surface area contributed by atoms with Gasteiger partial charge in [-0.15, -0.1) is 0 Å². The molecule has 0 saturated heterocycles. The number of phenolic OH excluding ortho intramolecular Hbond substituents is 1. The number of anilines is 1. The van der Waals surface area contributed by atoms with Gasteiger partial charge in [-0.25, -0.2) is 9.78 Å². The first kappa shape index (κ1) is 22.5. The maximum atomic E-state index is 13.7. The Kier molecular flexibility index (Phi) is 5.49. The number of thiazole rings is 1. The first-order chi connectivity index (χ1) is 16.8. The number of fused-ring (bicyclic) bond motifs is 2. The van der Waals surface area contributed by atoms with Crippen molar-refractivity contribution in [3.05, 3.63) is 98.4 Å². The molecular weight excluding hydrogens is 468 g/mol. The molecule has 3 heterocycles. The minimum absolute atomic E-state index is 0.0418. The Bertz CT molecular complexity index is 1570. The summed E-state index contributed by atoms with van der Waals surface area (Å²) in [5.41, 5.74) is 2.03. The van der Waals surface area contributed by atoms with E-state index in [0.717, 1.165) is 16.9 Å². The van der Waals surface area contributed by atoms with E-state index in [1.165, 1.54) is 23.1 Å². The number of carbonyl (C=O) groups is 2. The summed E-state index contributed by atoms with van der Waals surface area (Å²) >= 11 is 0.996. The third kappa shape index (κ3) is 3.70. The molecule has 0 saturated carbocycles. The second kappa shape index (κ2) is 8.52. The first-order valence-electron chi connectivity index (χ1n) is 10.8. The van der Waals surface area contributed by atoms with Crippen molar-refractivity contribution in [2.75, 3.05) is 11.5 Å². The number of phenols is 1. The van der Waals surface area contributed by atoms with Crippen LogP contribution in [0.25, 0.3) is 11.0 Å². The molecule has 0 spiro atoms. The Morgan fingerprint density at radius 3 is 2.69 bits per heavy atom. The molecule has 4 aromatic rings. The standard InChI is InChI=1S/C26H20N2O6S/c1-4-11-33-25(32)23-14(3)27-26(35-23)28-20(15-6-8-16(29)9-7-15)19-21(30)17-12-13(2)5-10-18(17)34-22(19)24(28)31/h4-10,12,20,29H,1,11H2,2-3H3/t20-/m1/s1. The number of carbonyl (C=O) groups excluding carboxylic acids is 2. The summed E-state index contributed by atoms with van der Waals surface area (Å²) in [5.74, 6) is -1.15. The Hall–Kier alpha value is -4.24. The number of hydrogen-bond acceptors (Lipinski definition) is 8. The Morgan fingerprint density at radius 1 is 1.23 bits per heavy atom. The molecule has 0 radical (unpaired) electrons. The van der Waals surface area contributed by atoms with E-state index in [1.54, 1.807) is 37.3 Å². The summed E-state index contributed by atoms with van der Waals surface area (Å²) in [6, 6.07) is 10.6. The summed E-state index contributed by atoms with van der Waals surface area (Å²) < 4.78 is 11.1. The maximum absolute atomic E-state index is 13.7. The minimum Gasteiger partial charge on any atom is -0.508 e. The Balaban J connectivity index is 1.72. The third-order valence-electron chi connectivity index (χ3n) is 5.74. The van der Waals surface area contributed by atoms with Gasteiger partial charge in [-0.3, -0.25) is 14.5 Å². The van der Waals surface area contributed by atoms with Crippen LogP contribution >= 0.6 is 11.3 Å². The SMILES string of the molecule is C=CCOC(=O)c1sc(N2C(=O)c3oc4ccc(C)cc4c(=O)c3[C@H]2c2ccc(O)cc2)nc1C. The van der Waals surface area contributed by atoms with Crippen molar-refractivity contribution in [3.8, 4) is 5.75 Å². The molecule has 8 nitrogen and oxygen atoms in total. The van der Waals surface area contributed by atoms with Crippen molar-refractivity contribution in [2.24, 2.45) is 0 Å². The predicted octanol–water partition coefficient (Wildman–Crippen LogP) is 4.66. The van der Waals surface area contributed by atoms with Gasteiger partial charge in [0.15, 0.2) is 10.6 Å². The molecule has 2 aromatic heterocycles. The molecule has 9 heteroatoms. The molecule has 35 heavy (non-hydrogen) atoms. The smallest absolute Gasteiger partial charge is 0.350 e. The third-order valence-corrected chi connectivity index (χ3v) is 6.88. The fraction of sp³-hybridized carbons (Fsp3) is 0.154. The van der Waals surface area contributed by atoms with Gasteiger partial charge in [0.2, 0.25) is 5.76 Å². The van der Waals surface area contributed by atoms with Crippen LogP contribution in [0.1, 0.15) is 48.7 Å². The molecule has 0 bridgehead atoms. The van der Waals surface area contributed by atoms with E-state index < -0.39 is 17.9 Å². The van der Waals surface area contributed by atoms with E-state index in [-0.39, 0.29) is 39.1 Å². The van der Waals surface area contributed by atoms with Crippen molar-refractivity contribution in [1.29, 1.82) is 0 Å². The zero-order valence-corrected chi connectivity index (χ0v) is 19.7. The monoisotopic (exact) mass is 488 g/mol. The van der Waals surface area contributed by atoms with Crippen LogP contribution in [0.15, 0.2) is 64.3 Å². The molecule has 1 amide bonds.